The van der Waals surface area contributed by atoms with Crippen LogP contribution in [0.2, 0.25) is 0 Å². The first kappa shape index (κ1) is 21.3. The zero-order valence-corrected chi connectivity index (χ0v) is 17.8. The molecule has 1 aromatic rings. The number of thioether (sulfide) groups is 1. The van der Waals surface area contributed by atoms with Gasteiger partial charge in [-0.05, 0) is 37.7 Å². The van der Waals surface area contributed by atoms with Crippen LogP contribution in [0.3, 0.4) is 0 Å². The maximum Gasteiger partial charge on any atom is 0.254 e. The summed E-state index contributed by atoms with van der Waals surface area (Å²) in [5.74, 6) is 0.261. The van der Waals surface area contributed by atoms with E-state index in [0.29, 0.717) is 29.5 Å². The van der Waals surface area contributed by atoms with Gasteiger partial charge in [-0.2, -0.15) is 0 Å². The van der Waals surface area contributed by atoms with Crippen LogP contribution in [-0.4, -0.2) is 42.6 Å². The number of carbonyl (C=O) groups is 2. The predicted molar refractivity (Wildman–Crippen MR) is 111 cm³/mol. The van der Waals surface area contributed by atoms with E-state index in [9.17, 15) is 9.59 Å². The Balaban J connectivity index is 2.10. The number of carbonyl (C=O) groups excluding carboxylic acids is 2. The lowest BCUT2D eigenvalue weighted by molar-refractivity contribution is -0.113. The van der Waals surface area contributed by atoms with Crippen LogP contribution in [0.4, 0.5) is 5.00 Å². The molecule has 146 valence electrons. The van der Waals surface area contributed by atoms with E-state index in [2.05, 4.69) is 31.4 Å². The summed E-state index contributed by atoms with van der Waals surface area (Å²) in [6.07, 6.45) is 4.94. The molecule has 0 aromatic carbocycles. The zero-order chi connectivity index (χ0) is 19.2. The third-order valence-electron chi connectivity index (χ3n) is 4.10. The van der Waals surface area contributed by atoms with Crippen LogP contribution in [0.5, 0.6) is 0 Å². The first-order valence-electron chi connectivity index (χ1n) is 9.17. The van der Waals surface area contributed by atoms with Crippen molar-refractivity contribution in [2.24, 2.45) is 0 Å². The van der Waals surface area contributed by atoms with E-state index in [1.807, 2.05) is 0 Å². The second-order valence-electron chi connectivity index (χ2n) is 7.47. The summed E-state index contributed by atoms with van der Waals surface area (Å²) in [7, 11) is 1.65. The molecule has 1 aliphatic rings. The van der Waals surface area contributed by atoms with Crippen LogP contribution in [0, 0.1) is 0 Å². The van der Waals surface area contributed by atoms with Crippen LogP contribution in [0.25, 0.3) is 0 Å². The van der Waals surface area contributed by atoms with E-state index < -0.39 is 0 Å². The monoisotopic (exact) mass is 398 g/mol. The van der Waals surface area contributed by atoms with Gasteiger partial charge in [0.2, 0.25) is 5.91 Å². The van der Waals surface area contributed by atoms with Crippen molar-refractivity contribution < 1.29 is 14.3 Å². The molecule has 0 bridgehead atoms. The highest BCUT2D eigenvalue weighted by Gasteiger charge is 2.26. The lowest BCUT2D eigenvalue weighted by Crippen LogP contribution is -2.27. The third-order valence-corrected chi connectivity index (χ3v) is 6.58. The third kappa shape index (κ3) is 6.28. The van der Waals surface area contributed by atoms with Gasteiger partial charge in [-0.1, -0.05) is 20.8 Å². The maximum atomic E-state index is 12.8. The number of methoxy groups -OCH3 is 1. The first-order valence-corrected chi connectivity index (χ1v) is 11.0. The van der Waals surface area contributed by atoms with Crippen molar-refractivity contribution in [3.63, 3.8) is 0 Å². The molecule has 0 radical (unpaired) electrons. The molecule has 1 aromatic heterocycles. The number of amides is 2. The van der Waals surface area contributed by atoms with Crippen LogP contribution in [0.1, 0.15) is 60.8 Å². The van der Waals surface area contributed by atoms with Crippen molar-refractivity contribution in [3.8, 4) is 0 Å². The molecule has 7 heteroatoms. The Morgan fingerprint density at radius 2 is 1.96 bits per heavy atom. The molecular formula is C19H30N2O3S2. The van der Waals surface area contributed by atoms with Crippen LogP contribution < -0.4 is 10.6 Å². The number of anilines is 1. The molecule has 0 unspecified atom stereocenters. The van der Waals surface area contributed by atoms with Crippen LogP contribution >= 0.6 is 23.1 Å². The number of thiophene rings is 1. The fourth-order valence-electron chi connectivity index (χ4n) is 2.85. The van der Waals surface area contributed by atoms with Crippen LogP contribution in [-0.2, 0) is 22.4 Å². The Labute approximate surface area is 164 Å². The molecule has 2 amide bonds. The summed E-state index contributed by atoms with van der Waals surface area (Å²) in [4.78, 5) is 26.4. The molecule has 0 spiro atoms. The van der Waals surface area contributed by atoms with E-state index >= 15 is 0 Å². The maximum absolute atomic E-state index is 12.8. The minimum Gasteiger partial charge on any atom is -0.385 e. The normalized spacial score (nSPS) is 14.0. The van der Waals surface area contributed by atoms with Gasteiger partial charge >= 0.3 is 0 Å². The predicted octanol–water partition coefficient (Wildman–Crippen LogP) is 3.86. The highest BCUT2D eigenvalue weighted by atomic mass is 32.2. The number of rotatable bonds is 8. The summed E-state index contributed by atoms with van der Waals surface area (Å²) in [5, 5.41) is 6.68. The van der Waals surface area contributed by atoms with Crippen molar-refractivity contribution in [1.82, 2.24) is 5.32 Å². The molecule has 1 heterocycles. The Morgan fingerprint density at radius 1 is 1.23 bits per heavy atom. The molecule has 0 aliphatic heterocycles. The summed E-state index contributed by atoms with van der Waals surface area (Å²) >= 11 is 3.18. The molecule has 26 heavy (non-hydrogen) atoms. The van der Waals surface area contributed by atoms with Gasteiger partial charge in [-0.15, -0.1) is 23.1 Å². The summed E-state index contributed by atoms with van der Waals surface area (Å²) in [6, 6.07) is 0. The highest BCUT2D eigenvalue weighted by molar-refractivity contribution is 8.01. The number of fused-ring (bicyclic) bond motifs is 1. The minimum absolute atomic E-state index is 0.0353. The lowest BCUT2D eigenvalue weighted by Gasteiger charge is -2.17. The fraction of sp³-hybridized carbons (Fsp3) is 0.684. The fourth-order valence-corrected chi connectivity index (χ4v) is 4.78. The van der Waals surface area contributed by atoms with E-state index in [4.69, 9.17) is 4.74 Å². The van der Waals surface area contributed by atoms with Gasteiger partial charge in [-0.25, -0.2) is 0 Å². The molecule has 0 saturated heterocycles. The van der Waals surface area contributed by atoms with Gasteiger partial charge in [0, 0.05) is 29.9 Å². The molecule has 2 N–H and O–H groups in total. The number of hydrogen-bond acceptors (Lipinski definition) is 5. The Kier molecular flexibility index (Phi) is 7.98. The second kappa shape index (κ2) is 9.76. The second-order valence-corrected chi connectivity index (χ2v) is 10.4. The molecule has 2 rings (SSSR count). The minimum atomic E-state index is -0.0840. The summed E-state index contributed by atoms with van der Waals surface area (Å²) in [5.41, 5.74) is 1.81. The van der Waals surface area contributed by atoms with Gasteiger partial charge in [0.1, 0.15) is 5.00 Å². The number of ether oxygens (including phenoxy) is 1. The summed E-state index contributed by atoms with van der Waals surface area (Å²) in [6.45, 7) is 7.47. The quantitative estimate of drug-likeness (QED) is 0.653. The van der Waals surface area contributed by atoms with Crippen molar-refractivity contribution >= 4 is 39.9 Å². The van der Waals surface area contributed by atoms with Gasteiger partial charge in [0.05, 0.1) is 11.3 Å². The molecule has 5 nitrogen and oxygen atoms in total. The van der Waals surface area contributed by atoms with Crippen molar-refractivity contribution in [1.29, 1.82) is 0 Å². The van der Waals surface area contributed by atoms with Gasteiger partial charge in [0.25, 0.3) is 5.91 Å². The molecule has 1 aliphatic carbocycles. The van der Waals surface area contributed by atoms with Crippen molar-refractivity contribution in [3.05, 3.63) is 16.0 Å². The van der Waals surface area contributed by atoms with Gasteiger partial charge < -0.3 is 15.4 Å². The number of aryl methyl sites for hydroxylation is 1. The largest absolute Gasteiger partial charge is 0.385 e. The standard InChI is InChI=1S/C19H30N2O3S2/c1-19(2,3)25-12-15(22)21-18-16(17(23)20-10-7-11-24-4)13-8-5-6-9-14(13)26-18/h5-12H2,1-4H3,(H,20,23)(H,21,22). The van der Waals surface area contributed by atoms with E-state index in [1.54, 1.807) is 30.2 Å². The lowest BCUT2D eigenvalue weighted by atomic mass is 9.95. The Hall–Kier alpha value is -1.05. The van der Waals surface area contributed by atoms with Gasteiger partial charge in [-0.3, -0.25) is 9.59 Å². The topological polar surface area (TPSA) is 67.4 Å². The Morgan fingerprint density at radius 3 is 2.65 bits per heavy atom. The highest BCUT2D eigenvalue weighted by Crippen LogP contribution is 2.38. The average molecular weight is 399 g/mol. The van der Waals surface area contributed by atoms with Crippen molar-refractivity contribution in [2.45, 2.75) is 57.6 Å². The summed E-state index contributed by atoms with van der Waals surface area (Å²) < 4.78 is 5.06. The smallest absolute Gasteiger partial charge is 0.254 e. The van der Waals surface area contributed by atoms with Crippen molar-refractivity contribution in [2.75, 3.05) is 31.3 Å². The van der Waals surface area contributed by atoms with E-state index in [0.717, 1.165) is 37.7 Å². The molecular weight excluding hydrogens is 368 g/mol. The van der Waals surface area contributed by atoms with E-state index in [1.165, 1.54) is 4.88 Å². The number of hydrogen-bond donors (Lipinski definition) is 2. The Bertz CT molecular complexity index is 635. The van der Waals surface area contributed by atoms with Crippen LogP contribution in [0.15, 0.2) is 0 Å². The zero-order valence-electron chi connectivity index (χ0n) is 16.2. The first-order chi connectivity index (χ1) is 12.3. The molecule has 0 saturated carbocycles. The van der Waals surface area contributed by atoms with E-state index in [-0.39, 0.29) is 16.6 Å². The SMILES string of the molecule is COCCCNC(=O)c1c(NC(=O)CSC(C)(C)C)sc2c1CCCC2. The average Bonchev–Trinajstić information content (AvgIpc) is 2.94. The number of nitrogens with one attached hydrogen (secondary N) is 2. The molecule has 0 fully saturated rings. The molecule has 0 atom stereocenters. The van der Waals surface area contributed by atoms with Gasteiger partial charge in [0.15, 0.2) is 0 Å².